The largest absolute Gasteiger partial charge is 0.364 e. The second-order valence-corrected chi connectivity index (χ2v) is 5.01. The maximum Gasteiger partial charge on any atom is 0.124 e. The van der Waals surface area contributed by atoms with E-state index in [-0.39, 0.29) is 0 Å². The first-order valence-corrected chi connectivity index (χ1v) is 6.19. The average molecular weight is 221 g/mol. The molecule has 3 heterocycles. The second kappa shape index (κ2) is 4.18. The molecule has 2 fully saturated rings. The lowest BCUT2D eigenvalue weighted by Crippen LogP contribution is -2.47. The van der Waals surface area contributed by atoms with E-state index < -0.39 is 0 Å². The van der Waals surface area contributed by atoms with Crippen LogP contribution in [0.1, 0.15) is 31.4 Å². The van der Waals surface area contributed by atoms with Crippen molar-refractivity contribution in [1.29, 1.82) is 0 Å². The molecule has 2 atom stereocenters. The molecule has 2 aliphatic heterocycles. The Morgan fingerprint density at radius 2 is 2.19 bits per heavy atom. The van der Waals surface area contributed by atoms with E-state index in [0.717, 1.165) is 24.3 Å². The van der Waals surface area contributed by atoms with Gasteiger partial charge in [0.1, 0.15) is 6.26 Å². The maximum absolute atomic E-state index is 4.90. The summed E-state index contributed by atoms with van der Waals surface area (Å²) in [5.74, 6) is 0. The van der Waals surface area contributed by atoms with E-state index in [1.807, 2.05) is 6.07 Å². The number of piperidine rings is 1. The topological polar surface area (TPSA) is 41.3 Å². The first-order chi connectivity index (χ1) is 7.86. The Morgan fingerprint density at radius 1 is 1.44 bits per heavy atom. The quantitative estimate of drug-likeness (QED) is 0.837. The van der Waals surface area contributed by atoms with Gasteiger partial charge in [-0.3, -0.25) is 4.90 Å². The SMILES string of the molecule is CNC1CC2CCC(C1)N2Cc1ccon1. The zero-order valence-electron chi connectivity index (χ0n) is 9.72. The smallest absolute Gasteiger partial charge is 0.124 e. The molecule has 4 nitrogen and oxygen atoms in total. The summed E-state index contributed by atoms with van der Waals surface area (Å²) in [4.78, 5) is 2.62. The minimum atomic E-state index is 0.714. The van der Waals surface area contributed by atoms with Crippen LogP contribution in [0.2, 0.25) is 0 Å². The first-order valence-electron chi connectivity index (χ1n) is 6.19. The van der Waals surface area contributed by atoms with Gasteiger partial charge in [0, 0.05) is 30.7 Å². The van der Waals surface area contributed by atoms with Crippen LogP contribution in [0.5, 0.6) is 0 Å². The highest BCUT2D eigenvalue weighted by atomic mass is 16.5. The monoisotopic (exact) mass is 221 g/mol. The molecule has 0 saturated carbocycles. The molecular weight excluding hydrogens is 202 g/mol. The molecule has 0 spiro atoms. The van der Waals surface area contributed by atoms with Gasteiger partial charge < -0.3 is 9.84 Å². The standard InChI is InChI=1S/C12H19N3O/c1-13-10-6-11-2-3-12(7-10)15(11)8-9-4-5-16-14-9/h4-5,10-13H,2-3,6-8H2,1H3. The van der Waals surface area contributed by atoms with E-state index in [2.05, 4.69) is 22.4 Å². The molecule has 1 aromatic heterocycles. The van der Waals surface area contributed by atoms with Crippen LogP contribution < -0.4 is 5.32 Å². The van der Waals surface area contributed by atoms with Crippen molar-refractivity contribution in [2.24, 2.45) is 0 Å². The highest BCUT2D eigenvalue weighted by Gasteiger charge is 2.40. The van der Waals surface area contributed by atoms with Crippen molar-refractivity contribution >= 4 is 0 Å². The highest BCUT2D eigenvalue weighted by molar-refractivity contribution is 5.02. The fourth-order valence-electron chi connectivity index (χ4n) is 3.27. The molecule has 1 aromatic rings. The van der Waals surface area contributed by atoms with Crippen LogP contribution in [0.3, 0.4) is 0 Å². The minimum Gasteiger partial charge on any atom is -0.364 e. The van der Waals surface area contributed by atoms with Gasteiger partial charge in [-0.1, -0.05) is 5.16 Å². The lowest BCUT2D eigenvalue weighted by atomic mass is 9.97. The maximum atomic E-state index is 4.90. The summed E-state index contributed by atoms with van der Waals surface area (Å²) >= 11 is 0. The minimum absolute atomic E-state index is 0.714. The average Bonchev–Trinajstić information content (AvgIpc) is 2.87. The van der Waals surface area contributed by atoms with Crippen molar-refractivity contribution in [3.8, 4) is 0 Å². The van der Waals surface area contributed by atoms with Gasteiger partial charge in [-0.15, -0.1) is 0 Å². The van der Waals surface area contributed by atoms with Gasteiger partial charge >= 0.3 is 0 Å². The molecule has 0 aliphatic carbocycles. The Morgan fingerprint density at radius 3 is 2.75 bits per heavy atom. The molecule has 2 aliphatic rings. The van der Waals surface area contributed by atoms with Crippen molar-refractivity contribution < 1.29 is 4.52 Å². The van der Waals surface area contributed by atoms with Crippen molar-refractivity contribution in [1.82, 2.24) is 15.4 Å². The van der Waals surface area contributed by atoms with Crippen molar-refractivity contribution in [2.45, 2.75) is 50.4 Å². The number of hydrogen-bond donors (Lipinski definition) is 1. The Balaban J connectivity index is 1.69. The summed E-state index contributed by atoms with van der Waals surface area (Å²) in [7, 11) is 2.08. The van der Waals surface area contributed by atoms with Gasteiger partial charge in [0.25, 0.3) is 0 Å². The third-order valence-corrected chi connectivity index (χ3v) is 4.13. The van der Waals surface area contributed by atoms with Crippen LogP contribution >= 0.6 is 0 Å². The van der Waals surface area contributed by atoms with Gasteiger partial charge in [-0.05, 0) is 32.7 Å². The Bertz CT molecular complexity index is 324. The number of aromatic nitrogens is 1. The van der Waals surface area contributed by atoms with Crippen LogP contribution in [0.4, 0.5) is 0 Å². The first kappa shape index (κ1) is 10.3. The fourth-order valence-corrected chi connectivity index (χ4v) is 3.27. The van der Waals surface area contributed by atoms with Crippen molar-refractivity contribution in [2.75, 3.05) is 7.05 Å². The third-order valence-electron chi connectivity index (χ3n) is 4.13. The summed E-state index contributed by atoms with van der Waals surface area (Å²) < 4.78 is 4.90. The van der Waals surface area contributed by atoms with Crippen LogP contribution in [0.25, 0.3) is 0 Å². The van der Waals surface area contributed by atoms with E-state index in [4.69, 9.17) is 4.52 Å². The molecule has 2 saturated heterocycles. The van der Waals surface area contributed by atoms with Crippen LogP contribution in [-0.2, 0) is 6.54 Å². The van der Waals surface area contributed by atoms with Crippen LogP contribution in [0, 0.1) is 0 Å². The van der Waals surface area contributed by atoms with Gasteiger partial charge in [0.2, 0.25) is 0 Å². The number of nitrogens with zero attached hydrogens (tertiary/aromatic N) is 2. The number of hydrogen-bond acceptors (Lipinski definition) is 4. The van der Waals surface area contributed by atoms with Gasteiger partial charge in [0.05, 0.1) is 5.69 Å². The normalized spacial score (nSPS) is 34.4. The number of rotatable bonds is 3. The van der Waals surface area contributed by atoms with Crippen molar-refractivity contribution in [3.63, 3.8) is 0 Å². The molecule has 0 amide bonds. The van der Waals surface area contributed by atoms with Crippen molar-refractivity contribution in [3.05, 3.63) is 18.0 Å². The number of nitrogens with one attached hydrogen (secondary N) is 1. The van der Waals surface area contributed by atoms with E-state index in [0.29, 0.717) is 6.04 Å². The Hall–Kier alpha value is -0.870. The second-order valence-electron chi connectivity index (χ2n) is 5.01. The number of fused-ring (bicyclic) bond motifs is 2. The molecule has 3 rings (SSSR count). The van der Waals surface area contributed by atoms with Gasteiger partial charge in [-0.2, -0.15) is 0 Å². The zero-order chi connectivity index (χ0) is 11.0. The Labute approximate surface area is 96.0 Å². The summed E-state index contributed by atoms with van der Waals surface area (Å²) in [6, 6.07) is 4.18. The summed E-state index contributed by atoms with van der Waals surface area (Å²) in [5, 5.41) is 7.44. The molecule has 0 aromatic carbocycles. The predicted molar refractivity (Wildman–Crippen MR) is 60.9 cm³/mol. The third kappa shape index (κ3) is 1.76. The molecule has 88 valence electrons. The fraction of sp³-hybridized carbons (Fsp3) is 0.750. The molecule has 4 heteroatoms. The summed E-state index contributed by atoms with van der Waals surface area (Å²) in [6.45, 7) is 0.961. The van der Waals surface area contributed by atoms with E-state index in [1.54, 1.807) is 6.26 Å². The van der Waals surface area contributed by atoms with Crippen LogP contribution in [-0.4, -0.2) is 35.2 Å². The van der Waals surface area contributed by atoms with E-state index in [1.165, 1.54) is 25.7 Å². The molecule has 0 radical (unpaired) electrons. The lowest BCUT2D eigenvalue weighted by Gasteiger charge is -2.38. The van der Waals surface area contributed by atoms with Crippen LogP contribution in [0.15, 0.2) is 16.9 Å². The Kier molecular flexibility index (Phi) is 2.69. The predicted octanol–water partition coefficient (Wildman–Crippen LogP) is 1.39. The van der Waals surface area contributed by atoms with Gasteiger partial charge in [-0.25, -0.2) is 0 Å². The molecular formula is C12H19N3O. The lowest BCUT2D eigenvalue weighted by molar-refractivity contribution is 0.109. The zero-order valence-corrected chi connectivity index (χ0v) is 9.72. The summed E-state index contributed by atoms with van der Waals surface area (Å²) in [5.41, 5.74) is 1.07. The molecule has 16 heavy (non-hydrogen) atoms. The molecule has 2 bridgehead atoms. The molecule has 1 N–H and O–H groups in total. The molecule has 2 unspecified atom stereocenters. The summed E-state index contributed by atoms with van der Waals surface area (Å²) in [6.07, 6.45) is 6.93. The van der Waals surface area contributed by atoms with E-state index in [9.17, 15) is 0 Å². The highest BCUT2D eigenvalue weighted by Crippen LogP contribution is 2.36. The van der Waals surface area contributed by atoms with E-state index >= 15 is 0 Å². The van der Waals surface area contributed by atoms with Gasteiger partial charge in [0.15, 0.2) is 0 Å².